The van der Waals surface area contributed by atoms with Crippen molar-refractivity contribution in [1.82, 2.24) is 9.97 Å². The Kier molecular flexibility index (Phi) is 6.92. The highest BCUT2D eigenvalue weighted by atomic mass is 16.5. The first-order chi connectivity index (χ1) is 16.1. The molecule has 0 aliphatic carbocycles. The van der Waals surface area contributed by atoms with Crippen LogP contribution in [0.15, 0.2) is 54.9 Å². The molecule has 2 aromatic carbocycles. The first kappa shape index (κ1) is 22.4. The van der Waals surface area contributed by atoms with E-state index in [2.05, 4.69) is 20.2 Å². The Morgan fingerprint density at radius 3 is 2.52 bits per heavy atom. The zero-order valence-corrected chi connectivity index (χ0v) is 19.1. The monoisotopic (exact) mass is 448 g/mol. The summed E-state index contributed by atoms with van der Waals surface area (Å²) in [6.45, 7) is 3.29. The number of nitrogens with one attached hydrogen (secondary N) is 1. The number of hydrogen-bond donors (Lipinski definition) is 1. The molecule has 1 aliphatic heterocycles. The summed E-state index contributed by atoms with van der Waals surface area (Å²) < 4.78 is 16.7. The smallest absolute Gasteiger partial charge is 0.263 e. The van der Waals surface area contributed by atoms with Crippen molar-refractivity contribution < 1.29 is 19.0 Å². The van der Waals surface area contributed by atoms with Gasteiger partial charge in [-0.2, -0.15) is 0 Å². The van der Waals surface area contributed by atoms with Crippen molar-refractivity contribution in [2.24, 2.45) is 5.92 Å². The van der Waals surface area contributed by atoms with Crippen LogP contribution >= 0.6 is 0 Å². The van der Waals surface area contributed by atoms with Crippen LogP contribution in [0, 0.1) is 12.8 Å². The summed E-state index contributed by atoms with van der Waals surface area (Å²) >= 11 is 0. The summed E-state index contributed by atoms with van der Waals surface area (Å²) in [7, 11) is 3.16. The third-order valence-corrected chi connectivity index (χ3v) is 5.66. The van der Waals surface area contributed by atoms with Gasteiger partial charge in [0.1, 0.15) is 17.2 Å². The van der Waals surface area contributed by atoms with E-state index in [-0.39, 0.29) is 11.8 Å². The van der Waals surface area contributed by atoms with E-state index in [1.807, 2.05) is 31.2 Å². The van der Waals surface area contributed by atoms with Gasteiger partial charge in [-0.3, -0.25) is 4.79 Å². The van der Waals surface area contributed by atoms with Crippen LogP contribution in [0.4, 0.5) is 11.5 Å². The fraction of sp³-hybridized carbons (Fsp3) is 0.320. The Labute approximate surface area is 193 Å². The molecule has 1 aliphatic rings. The second kappa shape index (κ2) is 10.2. The minimum Gasteiger partial charge on any atom is -0.497 e. The van der Waals surface area contributed by atoms with E-state index in [1.54, 1.807) is 44.8 Å². The van der Waals surface area contributed by atoms with Gasteiger partial charge in [-0.25, -0.2) is 9.97 Å². The molecule has 4 rings (SSSR count). The Morgan fingerprint density at radius 2 is 1.79 bits per heavy atom. The van der Waals surface area contributed by atoms with E-state index < -0.39 is 0 Å². The number of nitrogens with zero attached hydrogens (tertiary/aromatic N) is 3. The lowest BCUT2D eigenvalue weighted by atomic mass is 9.97. The second-order valence-corrected chi connectivity index (χ2v) is 7.93. The lowest BCUT2D eigenvalue weighted by Crippen LogP contribution is -2.41. The van der Waals surface area contributed by atoms with Gasteiger partial charge < -0.3 is 24.4 Å². The van der Waals surface area contributed by atoms with E-state index in [9.17, 15) is 4.79 Å². The largest absolute Gasteiger partial charge is 0.497 e. The number of ether oxygens (including phenoxy) is 3. The van der Waals surface area contributed by atoms with Crippen molar-refractivity contribution in [3.05, 3.63) is 60.4 Å². The molecule has 1 fully saturated rings. The second-order valence-electron chi connectivity index (χ2n) is 7.93. The highest BCUT2D eigenvalue weighted by Crippen LogP contribution is 2.33. The normalized spacial score (nSPS) is 15.6. The first-order valence-corrected chi connectivity index (χ1v) is 10.9. The zero-order chi connectivity index (χ0) is 23.2. The number of hydrogen-bond acceptors (Lipinski definition) is 7. The van der Waals surface area contributed by atoms with Crippen LogP contribution in [-0.4, -0.2) is 43.2 Å². The van der Waals surface area contributed by atoms with Gasteiger partial charge in [0, 0.05) is 49.4 Å². The number of para-hydroxylation sites is 1. The van der Waals surface area contributed by atoms with Crippen molar-refractivity contribution in [3.8, 4) is 23.1 Å². The van der Waals surface area contributed by atoms with Crippen molar-refractivity contribution in [2.75, 3.05) is 37.5 Å². The lowest BCUT2D eigenvalue weighted by Gasteiger charge is -2.33. The Morgan fingerprint density at radius 1 is 1.06 bits per heavy atom. The standard InChI is InChI=1S/C25H28N4O4/c1-17-7-4-5-9-22(17)33-25-23(26-10-11-27-25)29-12-6-8-18(16-29)24(30)28-19-13-20(31-2)15-21(14-19)32-3/h4-5,7,9-11,13-15,18H,6,8,12,16H2,1-3H3,(H,28,30)/t18-/m1/s1. The van der Waals surface area contributed by atoms with Crippen molar-refractivity contribution in [3.63, 3.8) is 0 Å². The van der Waals surface area contributed by atoms with Crippen LogP contribution < -0.4 is 24.4 Å². The number of methoxy groups -OCH3 is 2. The summed E-state index contributed by atoms with van der Waals surface area (Å²) in [6, 6.07) is 13.1. The van der Waals surface area contributed by atoms with Gasteiger partial charge >= 0.3 is 0 Å². The number of benzene rings is 2. The molecule has 1 N–H and O–H groups in total. The molecule has 0 spiro atoms. The molecule has 1 amide bonds. The molecule has 0 unspecified atom stereocenters. The van der Waals surface area contributed by atoms with Gasteiger partial charge in [0.05, 0.1) is 20.1 Å². The Bertz CT molecular complexity index is 1100. The third-order valence-electron chi connectivity index (χ3n) is 5.66. The zero-order valence-electron chi connectivity index (χ0n) is 19.1. The molecule has 2 heterocycles. The van der Waals surface area contributed by atoms with Crippen molar-refractivity contribution in [1.29, 1.82) is 0 Å². The van der Waals surface area contributed by atoms with Gasteiger partial charge in [-0.1, -0.05) is 18.2 Å². The first-order valence-electron chi connectivity index (χ1n) is 10.9. The topological polar surface area (TPSA) is 85.8 Å². The van der Waals surface area contributed by atoms with E-state index in [4.69, 9.17) is 14.2 Å². The number of amides is 1. The molecule has 1 atom stereocenters. The van der Waals surface area contributed by atoms with Gasteiger partial charge in [0.25, 0.3) is 5.88 Å². The molecule has 0 saturated carbocycles. The van der Waals surface area contributed by atoms with E-state index >= 15 is 0 Å². The van der Waals surface area contributed by atoms with E-state index in [1.165, 1.54) is 0 Å². The van der Waals surface area contributed by atoms with Crippen molar-refractivity contribution in [2.45, 2.75) is 19.8 Å². The fourth-order valence-corrected chi connectivity index (χ4v) is 3.89. The molecule has 0 bridgehead atoms. The molecule has 0 radical (unpaired) electrons. The number of piperidine rings is 1. The van der Waals surface area contributed by atoms with Gasteiger partial charge in [0.15, 0.2) is 5.82 Å². The SMILES string of the molecule is COc1cc(NC(=O)[C@@H]2CCCN(c3nccnc3Oc3ccccc3C)C2)cc(OC)c1. The van der Waals surface area contributed by atoms with Crippen molar-refractivity contribution >= 4 is 17.4 Å². The molecule has 3 aromatic rings. The minimum atomic E-state index is -0.204. The highest BCUT2D eigenvalue weighted by molar-refractivity contribution is 5.93. The predicted molar refractivity (Wildman–Crippen MR) is 126 cm³/mol. The molecule has 172 valence electrons. The Balaban J connectivity index is 1.49. The van der Waals surface area contributed by atoms with E-state index in [0.717, 1.165) is 30.7 Å². The van der Waals surface area contributed by atoms with Gasteiger partial charge in [0.2, 0.25) is 5.91 Å². The summed E-state index contributed by atoms with van der Waals surface area (Å²) in [6.07, 6.45) is 4.91. The van der Waals surface area contributed by atoms with Crippen LogP contribution in [0.2, 0.25) is 0 Å². The molecular formula is C25H28N4O4. The lowest BCUT2D eigenvalue weighted by molar-refractivity contribution is -0.120. The van der Waals surface area contributed by atoms with E-state index in [0.29, 0.717) is 35.4 Å². The van der Waals surface area contributed by atoms with Gasteiger partial charge in [-0.05, 0) is 31.4 Å². The number of aromatic nitrogens is 2. The van der Waals surface area contributed by atoms with Crippen LogP contribution in [-0.2, 0) is 4.79 Å². The van der Waals surface area contributed by atoms with Crippen LogP contribution in [0.3, 0.4) is 0 Å². The van der Waals surface area contributed by atoms with Crippen LogP contribution in [0.1, 0.15) is 18.4 Å². The Hall–Kier alpha value is -3.81. The summed E-state index contributed by atoms with van der Waals surface area (Å²) in [5.74, 6) is 2.79. The average Bonchev–Trinajstić information content (AvgIpc) is 2.85. The number of rotatable bonds is 7. The summed E-state index contributed by atoms with van der Waals surface area (Å²) in [4.78, 5) is 24.1. The molecule has 8 heteroatoms. The number of aryl methyl sites for hydroxylation is 1. The quantitative estimate of drug-likeness (QED) is 0.571. The number of carbonyl (C=O) groups is 1. The average molecular weight is 449 g/mol. The molecule has 8 nitrogen and oxygen atoms in total. The van der Waals surface area contributed by atoms with Crippen LogP contribution in [0.25, 0.3) is 0 Å². The maximum Gasteiger partial charge on any atom is 0.263 e. The number of anilines is 2. The third kappa shape index (κ3) is 5.34. The van der Waals surface area contributed by atoms with Gasteiger partial charge in [-0.15, -0.1) is 0 Å². The predicted octanol–water partition coefficient (Wildman–Crippen LogP) is 4.45. The minimum absolute atomic E-state index is 0.0553. The van der Waals surface area contributed by atoms with Crippen LogP contribution in [0.5, 0.6) is 23.1 Å². The molecule has 1 aromatic heterocycles. The summed E-state index contributed by atoms with van der Waals surface area (Å²) in [5, 5.41) is 3.00. The fourth-order valence-electron chi connectivity index (χ4n) is 3.89. The molecule has 33 heavy (non-hydrogen) atoms. The highest BCUT2D eigenvalue weighted by Gasteiger charge is 2.29. The maximum absolute atomic E-state index is 13.1. The number of carbonyl (C=O) groups excluding carboxylic acids is 1. The molecule has 1 saturated heterocycles. The molecular weight excluding hydrogens is 420 g/mol. The maximum atomic E-state index is 13.1. The summed E-state index contributed by atoms with van der Waals surface area (Å²) in [5.41, 5.74) is 1.65.